The second-order valence-corrected chi connectivity index (χ2v) is 14.2. The molecule has 0 bridgehead atoms. The predicted octanol–water partition coefficient (Wildman–Crippen LogP) is 7.93. The summed E-state index contributed by atoms with van der Waals surface area (Å²) >= 11 is -4.58. The molecule has 7 heteroatoms. The van der Waals surface area contributed by atoms with Crippen LogP contribution in [-0.4, -0.2) is 40.7 Å². The van der Waals surface area contributed by atoms with E-state index in [2.05, 4.69) is 0 Å². The SMILES string of the molecule is Cc1cccc2cc(C(=O)[O][In]([O]C(=O)c3ccc4c(C)cccc4c3)[O]C(=O)c3ccc4c(C)cccc4c3)ccc12. The van der Waals surface area contributed by atoms with Crippen LogP contribution in [0.4, 0.5) is 0 Å². The third-order valence-electron chi connectivity index (χ3n) is 7.61. The Morgan fingerprint density at radius 2 is 0.744 bits per heavy atom. The van der Waals surface area contributed by atoms with Gasteiger partial charge in [-0.1, -0.05) is 0 Å². The first-order chi connectivity index (χ1) is 20.8. The van der Waals surface area contributed by atoms with Crippen molar-refractivity contribution in [1.82, 2.24) is 0 Å². The van der Waals surface area contributed by atoms with Crippen molar-refractivity contribution in [3.8, 4) is 0 Å². The van der Waals surface area contributed by atoms with Gasteiger partial charge in [-0.15, -0.1) is 0 Å². The second-order valence-electron chi connectivity index (χ2n) is 10.5. The zero-order valence-corrected chi connectivity index (χ0v) is 27.2. The van der Waals surface area contributed by atoms with Crippen LogP contribution >= 0.6 is 0 Å². The van der Waals surface area contributed by atoms with Crippen LogP contribution in [0.5, 0.6) is 0 Å². The second kappa shape index (κ2) is 11.9. The molecule has 0 saturated heterocycles. The summed E-state index contributed by atoms with van der Waals surface area (Å²) in [7, 11) is 0. The Hall–Kier alpha value is -4.62. The van der Waals surface area contributed by atoms with Gasteiger partial charge in [0, 0.05) is 0 Å². The van der Waals surface area contributed by atoms with Crippen LogP contribution in [0.1, 0.15) is 47.8 Å². The van der Waals surface area contributed by atoms with Crippen molar-refractivity contribution in [2.75, 3.05) is 0 Å². The number of rotatable bonds is 6. The molecule has 0 aliphatic heterocycles. The van der Waals surface area contributed by atoms with Crippen LogP contribution in [-0.2, 0) is 8.56 Å². The van der Waals surface area contributed by atoms with E-state index in [4.69, 9.17) is 8.56 Å². The molecule has 0 aromatic heterocycles. The van der Waals surface area contributed by atoms with Crippen molar-refractivity contribution in [1.29, 1.82) is 0 Å². The fraction of sp³-hybridized carbons (Fsp3) is 0.0833. The number of aryl methyl sites for hydroxylation is 3. The summed E-state index contributed by atoms with van der Waals surface area (Å²) in [4.78, 5) is 39.9. The van der Waals surface area contributed by atoms with Gasteiger partial charge in [0.05, 0.1) is 0 Å². The molecule has 0 spiro atoms. The van der Waals surface area contributed by atoms with Gasteiger partial charge in [0.2, 0.25) is 0 Å². The van der Waals surface area contributed by atoms with Crippen LogP contribution in [0.25, 0.3) is 32.3 Å². The Labute approximate surface area is 258 Å². The molecule has 0 aliphatic carbocycles. The fourth-order valence-electron chi connectivity index (χ4n) is 5.26. The average molecular weight is 670 g/mol. The number of hydrogen-bond donors (Lipinski definition) is 0. The van der Waals surface area contributed by atoms with E-state index in [0.717, 1.165) is 49.0 Å². The van der Waals surface area contributed by atoms with Gasteiger partial charge in [-0.25, -0.2) is 0 Å². The van der Waals surface area contributed by atoms with Gasteiger partial charge in [-0.2, -0.15) is 0 Å². The Morgan fingerprint density at radius 3 is 1.05 bits per heavy atom. The number of carbonyl (C=O) groups is 3. The summed E-state index contributed by atoms with van der Waals surface area (Å²) in [5.74, 6) is -2.14. The molecule has 6 aromatic rings. The van der Waals surface area contributed by atoms with Crippen molar-refractivity contribution in [2.45, 2.75) is 20.8 Å². The Balaban J connectivity index is 1.29. The molecule has 0 amide bonds. The maximum atomic E-state index is 13.3. The van der Waals surface area contributed by atoms with Gasteiger partial charge >= 0.3 is 259 Å². The molecular formula is C36H27InO6. The summed E-state index contributed by atoms with van der Waals surface area (Å²) in [6.07, 6.45) is 0. The molecule has 0 saturated carbocycles. The Bertz CT molecular complexity index is 1830. The first-order valence-corrected chi connectivity index (χ1v) is 17.9. The molecule has 6 rings (SSSR count). The van der Waals surface area contributed by atoms with Crippen molar-refractivity contribution in [3.63, 3.8) is 0 Å². The molecule has 0 radical (unpaired) electrons. The van der Waals surface area contributed by atoms with Gasteiger partial charge in [-0.05, 0) is 0 Å². The van der Waals surface area contributed by atoms with Crippen LogP contribution in [0.2, 0.25) is 0 Å². The Kier molecular flexibility index (Phi) is 7.91. The molecule has 6 nitrogen and oxygen atoms in total. The molecule has 43 heavy (non-hydrogen) atoms. The van der Waals surface area contributed by atoms with Crippen molar-refractivity contribution in [2.24, 2.45) is 0 Å². The number of fused-ring (bicyclic) bond motifs is 3. The zero-order chi connectivity index (χ0) is 30.1. The van der Waals surface area contributed by atoms with Crippen molar-refractivity contribution >= 4 is 73.0 Å². The molecule has 0 aliphatic rings. The first kappa shape index (κ1) is 28.5. The molecule has 210 valence electrons. The normalized spacial score (nSPS) is 11.0. The summed E-state index contributed by atoms with van der Waals surface area (Å²) < 4.78 is 17.1. The number of benzene rings is 6. The van der Waals surface area contributed by atoms with Gasteiger partial charge in [-0.3, -0.25) is 0 Å². The zero-order valence-electron chi connectivity index (χ0n) is 23.9. The standard InChI is InChI=1S/3C12H10O2.In/c3*1-8-3-2-4-9-7-10(12(13)14)5-6-11(8)9;/h3*2-7H,1H3,(H,13,14);/q;;;+3/p-3. The summed E-state index contributed by atoms with van der Waals surface area (Å²) in [6, 6.07) is 33.1. The van der Waals surface area contributed by atoms with E-state index < -0.39 is 40.7 Å². The van der Waals surface area contributed by atoms with Crippen LogP contribution < -0.4 is 0 Å². The van der Waals surface area contributed by atoms with E-state index in [1.54, 1.807) is 36.4 Å². The quantitative estimate of drug-likeness (QED) is 0.179. The van der Waals surface area contributed by atoms with Crippen LogP contribution in [0, 0.1) is 20.8 Å². The number of carbonyl (C=O) groups excluding carboxylic acids is 3. The van der Waals surface area contributed by atoms with Gasteiger partial charge < -0.3 is 0 Å². The molecule has 6 aromatic carbocycles. The molecular weight excluding hydrogens is 643 g/mol. The van der Waals surface area contributed by atoms with E-state index in [-0.39, 0.29) is 16.7 Å². The first-order valence-electron chi connectivity index (χ1n) is 13.9. The molecule has 0 fully saturated rings. The fourth-order valence-corrected chi connectivity index (χ4v) is 8.33. The van der Waals surface area contributed by atoms with E-state index in [0.29, 0.717) is 0 Å². The summed E-state index contributed by atoms with van der Waals surface area (Å²) in [5, 5.41) is 5.63. The van der Waals surface area contributed by atoms with E-state index in [9.17, 15) is 14.4 Å². The minimum atomic E-state index is -4.58. The van der Waals surface area contributed by atoms with Crippen molar-refractivity contribution in [3.05, 3.63) is 143 Å². The Morgan fingerprint density at radius 1 is 0.442 bits per heavy atom. The molecule has 0 atom stereocenters. The van der Waals surface area contributed by atoms with Gasteiger partial charge in [0.25, 0.3) is 0 Å². The van der Waals surface area contributed by atoms with Crippen LogP contribution in [0.3, 0.4) is 0 Å². The summed E-state index contributed by atoms with van der Waals surface area (Å²) in [5.41, 5.74) is 4.05. The van der Waals surface area contributed by atoms with E-state index in [1.165, 1.54) is 0 Å². The van der Waals surface area contributed by atoms with Gasteiger partial charge in [0.15, 0.2) is 0 Å². The topological polar surface area (TPSA) is 78.9 Å². The predicted molar refractivity (Wildman–Crippen MR) is 168 cm³/mol. The maximum absolute atomic E-state index is 13.3. The van der Waals surface area contributed by atoms with E-state index in [1.807, 2.05) is 93.6 Å². The average Bonchev–Trinajstić information content (AvgIpc) is 3.00. The van der Waals surface area contributed by atoms with Crippen LogP contribution in [0.15, 0.2) is 109 Å². The molecule has 0 heterocycles. The third-order valence-corrected chi connectivity index (χ3v) is 11.1. The monoisotopic (exact) mass is 670 g/mol. The third kappa shape index (κ3) is 5.99. The van der Waals surface area contributed by atoms with E-state index >= 15 is 0 Å². The van der Waals surface area contributed by atoms with Gasteiger partial charge in [0.1, 0.15) is 0 Å². The van der Waals surface area contributed by atoms with Crippen molar-refractivity contribution < 1.29 is 22.9 Å². The molecule has 0 unspecified atom stereocenters. The number of hydrogen-bond acceptors (Lipinski definition) is 6. The summed E-state index contributed by atoms with van der Waals surface area (Å²) in [6.45, 7) is 5.98. The minimum absolute atomic E-state index is 0.272. The molecule has 0 N–H and O–H groups in total.